The Kier molecular flexibility index (Phi) is 6.01. The SMILES string of the molecule is O=C(Nc1cccc(Cl)c1)c1cnc(NCCC2=CCCCC2)cn1. The van der Waals surface area contributed by atoms with Crippen LogP contribution in [0, 0.1) is 0 Å². The number of carbonyl (C=O) groups excluding carboxylic acids is 1. The summed E-state index contributed by atoms with van der Waals surface area (Å²) in [6.07, 6.45) is 11.4. The van der Waals surface area contributed by atoms with Crippen molar-refractivity contribution in [1.82, 2.24) is 9.97 Å². The summed E-state index contributed by atoms with van der Waals surface area (Å²) in [7, 11) is 0. The fraction of sp³-hybridized carbons (Fsp3) is 0.316. The van der Waals surface area contributed by atoms with E-state index < -0.39 is 0 Å². The summed E-state index contributed by atoms with van der Waals surface area (Å²) >= 11 is 5.91. The number of amides is 1. The predicted molar refractivity (Wildman–Crippen MR) is 101 cm³/mol. The average molecular weight is 357 g/mol. The van der Waals surface area contributed by atoms with E-state index in [1.807, 2.05) is 0 Å². The quantitative estimate of drug-likeness (QED) is 0.737. The van der Waals surface area contributed by atoms with Gasteiger partial charge in [-0.1, -0.05) is 29.3 Å². The summed E-state index contributed by atoms with van der Waals surface area (Å²) in [6.45, 7) is 0.828. The van der Waals surface area contributed by atoms with Crippen LogP contribution in [0.2, 0.25) is 5.02 Å². The smallest absolute Gasteiger partial charge is 0.275 e. The Morgan fingerprint density at radius 2 is 2.12 bits per heavy atom. The second-order valence-electron chi connectivity index (χ2n) is 6.04. The van der Waals surface area contributed by atoms with Gasteiger partial charge in [-0.25, -0.2) is 9.97 Å². The van der Waals surface area contributed by atoms with Gasteiger partial charge in [0.15, 0.2) is 0 Å². The molecule has 1 aromatic carbocycles. The highest BCUT2D eigenvalue weighted by Crippen LogP contribution is 2.20. The van der Waals surface area contributed by atoms with Crippen LogP contribution in [0.25, 0.3) is 0 Å². The van der Waals surface area contributed by atoms with Crippen LogP contribution in [-0.2, 0) is 0 Å². The van der Waals surface area contributed by atoms with Gasteiger partial charge in [-0.3, -0.25) is 4.79 Å². The molecule has 130 valence electrons. The topological polar surface area (TPSA) is 66.9 Å². The molecule has 0 saturated heterocycles. The molecular formula is C19H21ClN4O. The summed E-state index contributed by atoms with van der Waals surface area (Å²) in [5, 5.41) is 6.57. The van der Waals surface area contributed by atoms with Gasteiger partial charge >= 0.3 is 0 Å². The molecule has 1 aliphatic carbocycles. The van der Waals surface area contributed by atoms with Gasteiger partial charge in [-0.15, -0.1) is 0 Å². The number of hydrogen-bond donors (Lipinski definition) is 2. The lowest BCUT2D eigenvalue weighted by atomic mass is 9.97. The highest BCUT2D eigenvalue weighted by Gasteiger charge is 2.09. The summed E-state index contributed by atoms with van der Waals surface area (Å²) in [6, 6.07) is 6.98. The molecular weight excluding hydrogens is 336 g/mol. The van der Waals surface area contributed by atoms with Gasteiger partial charge in [-0.2, -0.15) is 0 Å². The van der Waals surface area contributed by atoms with Gasteiger partial charge in [0, 0.05) is 17.3 Å². The number of nitrogens with zero attached hydrogens (tertiary/aromatic N) is 2. The Morgan fingerprint density at radius 1 is 1.20 bits per heavy atom. The Bertz CT molecular complexity index is 758. The highest BCUT2D eigenvalue weighted by molar-refractivity contribution is 6.30. The first-order valence-electron chi connectivity index (χ1n) is 8.51. The van der Waals surface area contributed by atoms with Gasteiger partial charge in [0.25, 0.3) is 5.91 Å². The molecule has 0 saturated carbocycles. The van der Waals surface area contributed by atoms with Gasteiger partial charge in [0.2, 0.25) is 0 Å². The monoisotopic (exact) mass is 356 g/mol. The minimum atomic E-state index is -0.311. The van der Waals surface area contributed by atoms with Crippen LogP contribution in [0.1, 0.15) is 42.6 Å². The Morgan fingerprint density at radius 3 is 2.84 bits per heavy atom. The minimum absolute atomic E-state index is 0.264. The first-order valence-corrected chi connectivity index (χ1v) is 8.89. The second kappa shape index (κ2) is 8.62. The zero-order valence-electron chi connectivity index (χ0n) is 14.0. The van der Waals surface area contributed by atoms with E-state index in [4.69, 9.17) is 11.6 Å². The summed E-state index contributed by atoms with van der Waals surface area (Å²) in [5.74, 6) is 0.365. The van der Waals surface area contributed by atoms with E-state index in [1.54, 1.807) is 30.5 Å². The lowest BCUT2D eigenvalue weighted by Crippen LogP contribution is -2.14. The second-order valence-corrected chi connectivity index (χ2v) is 6.47. The standard InChI is InChI=1S/C19H21ClN4O/c20-15-7-4-8-16(11-15)24-19(25)17-12-23-18(13-22-17)21-10-9-14-5-2-1-3-6-14/h4-5,7-8,11-13H,1-3,6,9-10H2,(H,21,23)(H,24,25). The third-order valence-electron chi connectivity index (χ3n) is 4.10. The molecule has 0 radical (unpaired) electrons. The van der Waals surface area contributed by atoms with Crippen molar-refractivity contribution < 1.29 is 4.79 Å². The maximum atomic E-state index is 12.2. The van der Waals surface area contributed by atoms with Gasteiger partial charge in [0.1, 0.15) is 11.5 Å². The number of allylic oxidation sites excluding steroid dienone is 1. The molecule has 2 N–H and O–H groups in total. The lowest BCUT2D eigenvalue weighted by molar-refractivity contribution is 0.102. The molecule has 25 heavy (non-hydrogen) atoms. The predicted octanol–water partition coefficient (Wildman–Crippen LogP) is 4.68. The number of rotatable bonds is 6. The number of hydrogen-bond acceptors (Lipinski definition) is 4. The normalized spacial score (nSPS) is 13.9. The van der Waals surface area contributed by atoms with E-state index in [0.29, 0.717) is 16.5 Å². The lowest BCUT2D eigenvalue weighted by Gasteiger charge is -2.13. The summed E-state index contributed by atoms with van der Waals surface area (Å²) < 4.78 is 0. The average Bonchev–Trinajstić information content (AvgIpc) is 2.63. The van der Waals surface area contributed by atoms with E-state index in [2.05, 4.69) is 26.7 Å². The Balaban J connectivity index is 1.51. The van der Waals surface area contributed by atoms with E-state index >= 15 is 0 Å². The van der Waals surface area contributed by atoms with Crippen molar-refractivity contribution in [1.29, 1.82) is 0 Å². The molecule has 0 fully saturated rings. The van der Waals surface area contributed by atoms with Crippen molar-refractivity contribution in [3.8, 4) is 0 Å². The molecule has 5 nitrogen and oxygen atoms in total. The van der Waals surface area contributed by atoms with Crippen molar-refractivity contribution in [2.45, 2.75) is 32.1 Å². The molecule has 0 spiro atoms. The van der Waals surface area contributed by atoms with Gasteiger partial charge in [0.05, 0.1) is 12.4 Å². The Labute approximate surface area is 152 Å². The van der Waals surface area contributed by atoms with E-state index in [0.717, 1.165) is 13.0 Å². The molecule has 2 aromatic rings. The zero-order chi connectivity index (χ0) is 17.5. The third-order valence-corrected chi connectivity index (χ3v) is 4.34. The number of anilines is 2. The molecule has 6 heteroatoms. The van der Waals surface area contributed by atoms with Crippen molar-refractivity contribution in [2.24, 2.45) is 0 Å². The summed E-state index contributed by atoms with van der Waals surface area (Å²) in [4.78, 5) is 20.6. The Hall–Kier alpha value is -2.40. The molecule has 1 aromatic heterocycles. The number of aromatic nitrogens is 2. The third kappa shape index (κ3) is 5.29. The van der Waals surface area contributed by atoms with Crippen molar-refractivity contribution in [3.05, 3.63) is 59.0 Å². The molecule has 0 atom stereocenters. The van der Waals surface area contributed by atoms with Crippen LogP contribution in [0.5, 0.6) is 0 Å². The van der Waals surface area contributed by atoms with Crippen LogP contribution in [0.15, 0.2) is 48.3 Å². The van der Waals surface area contributed by atoms with Crippen molar-refractivity contribution in [2.75, 3.05) is 17.2 Å². The zero-order valence-corrected chi connectivity index (χ0v) is 14.7. The van der Waals surface area contributed by atoms with Gasteiger partial charge < -0.3 is 10.6 Å². The van der Waals surface area contributed by atoms with Crippen molar-refractivity contribution in [3.63, 3.8) is 0 Å². The first-order chi connectivity index (χ1) is 12.2. The molecule has 0 bridgehead atoms. The fourth-order valence-corrected chi connectivity index (χ4v) is 2.97. The number of halogens is 1. The van der Waals surface area contributed by atoms with Crippen LogP contribution in [0.3, 0.4) is 0 Å². The van der Waals surface area contributed by atoms with Crippen molar-refractivity contribution >= 4 is 29.0 Å². The molecule has 1 amide bonds. The number of benzene rings is 1. The molecule has 1 aliphatic rings. The van der Waals surface area contributed by atoms with E-state index in [-0.39, 0.29) is 11.6 Å². The largest absolute Gasteiger partial charge is 0.368 e. The maximum Gasteiger partial charge on any atom is 0.275 e. The summed E-state index contributed by atoms with van der Waals surface area (Å²) in [5.41, 5.74) is 2.41. The number of carbonyl (C=O) groups is 1. The van der Waals surface area contributed by atoms with E-state index in [9.17, 15) is 4.79 Å². The molecule has 0 aliphatic heterocycles. The maximum absolute atomic E-state index is 12.2. The molecule has 0 unspecified atom stereocenters. The first kappa shape index (κ1) is 17.4. The van der Waals surface area contributed by atoms with Crippen LogP contribution < -0.4 is 10.6 Å². The van der Waals surface area contributed by atoms with Crippen LogP contribution in [0.4, 0.5) is 11.5 Å². The van der Waals surface area contributed by atoms with E-state index in [1.165, 1.54) is 37.5 Å². The number of nitrogens with one attached hydrogen (secondary N) is 2. The minimum Gasteiger partial charge on any atom is -0.368 e. The van der Waals surface area contributed by atoms with Crippen LogP contribution >= 0.6 is 11.6 Å². The fourth-order valence-electron chi connectivity index (χ4n) is 2.78. The highest BCUT2D eigenvalue weighted by atomic mass is 35.5. The van der Waals surface area contributed by atoms with Gasteiger partial charge in [-0.05, 0) is 50.3 Å². The molecule has 3 rings (SSSR count). The molecule has 1 heterocycles. The van der Waals surface area contributed by atoms with Crippen LogP contribution in [-0.4, -0.2) is 22.4 Å².